The molecule has 4 heterocycles. The van der Waals surface area contributed by atoms with Gasteiger partial charge in [0.1, 0.15) is 42.0 Å². The topological polar surface area (TPSA) is 131 Å². The van der Waals surface area contributed by atoms with Gasteiger partial charge in [-0.3, -0.25) is 0 Å². The number of carbonyl (C=O) groups is 2. The first-order chi connectivity index (χ1) is 21.2. The van der Waals surface area contributed by atoms with Crippen molar-refractivity contribution in [3.8, 4) is 0 Å². The van der Waals surface area contributed by atoms with Crippen molar-refractivity contribution in [1.82, 2.24) is 20.3 Å². The Kier molecular flexibility index (Phi) is 9.82. The number of amides is 1. The lowest BCUT2D eigenvalue weighted by molar-refractivity contribution is -0.156. The van der Waals surface area contributed by atoms with E-state index in [2.05, 4.69) is 43.0 Å². The molecule has 44 heavy (non-hydrogen) atoms. The van der Waals surface area contributed by atoms with Crippen LogP contribution in [0.25, 0.3) is 0 Å². The molecule has 11 nitrogen and oxygen atoms in total. The van der Waals surface area contributed by atoms with Gasteiger partial charge in [-0.15, -0.1) is 0 Å². The maximum absolute atomic E-state index is 13.0. The lowest BCUT2D eigenvalue weighted by Gasteiger charge is -2.34. The molecule has 1 amide bonds. The molecule has 5 rings (SSSR count). The Morgan fingerprint density at radius 2 is 1.86 bits per heavy atom. The zero-order valence-corrected chi connectivity index (χ0v) is 26.1. The van der Waals surface area contributed by atoms with Gasteiger partial charge in [0.2, 0.25) is 0 Å². The molecule has 0 bridgehead atoms. The normalized spacial score (nSPS) is 15.9. The molecular formula is C33H43N7O4. The highest BCUT2D eigenvalue weighted by Crippen LogP contribution is 2.33. The Morgan fingerprint density at radius 3 is 2.61 bits per heavy atom. The molecule has 0 spiro atoms. The summed E-state index contributed by atoms with van der Waals surface area (Å²) in [5.74, 6) is 2.32. The van der Waals surface area contributed by atoms with Gasteiger partial charge in [0.15, 0.2) is 0 Å². The highest BCUT2D eigenvalue weighted by molar-refractivity contribution is 5.82. The number of carbonyl (C=O) groups excluding carboxylic acids is 2. The molecule has 0 unspecified atom stereocenters. The predicted molar refractivity (Wildman–Crippen MR) is 170 cm³/mol. The molecule has 0 saturated carbocycles. The second-order valence-corrected chi connectivity index (χ2v) is 12.4. The minimum Gasteiger partial charge on any atom is -0.458 e. The standard InChI is InChI=1S/C33H43N7O4/c1-22-28(35-19-27(31(41)44-33(2,3)4)39-32(42)43-20-23-9-6-5-7-10-23)36-21-37-30(22)40-17-14-24(15-18-40)26-13-12-25-11-8-16-34-29(25)38-26/h5-7,9-10,12-13,21,24,27H,8,11,14-20H2,1-4H3,(H,34,38)(H,39,42)(H,35,36,37)/t27-/m0/s1. The van der Waals surface area contributed by atoms with Crippen LogP contribution in [0.3, 0.4) is 0 Å². The predicted octanol–water partition coefficient (Wildman–Crippen LogP) is 4.97. The van der Waals surface area contributed by atoms with Crippen LogP contribution in [0.4, 0.5) is 22.2 Å². The summed E-state index contributed by atoms with van der Waals surface area (Å²) < 4.78 is 10.9. The number of esters is 1. The van der Waals surface area contributed by atoms with Gasteiger partial charge >= 0.3 is 12.1 Å². The van der Waals surface area contributed by atoms with Gasteiger partial charge in [-0.1, -0.05) is 36.4 Å². The maximum Gasteiger partial charge on any atom is 0.408 e. The highest BCUT2D eigenvalue weighted by atomic mass is 16.6. The molecule has 0 radical (unpaired) electrons. The van der Waals surface area contributed by atoms with Gasteiger partial charge in [-0.25, -0.2) is 24.5 Å². The van der Waals surface area contributed by atoms with Crippen LogP contribution in [0.5, 0.6) is 0 Å². The van der Waals surface area contributed by atoms with Crippen molar-refractivity contribution < 1.29 is 19.1 Å². The number of alkyl carbamates (subject to hydrolysis) is 1. The van der Waals surface area contributed by atoms with Crippen molar-refractivity contribution >= 4 is 29.5 Å². The number of benzene rings is 1. The molecule has 1 aromatic carbocycles. The fourth-order valence-electron chi connectivity index (χ4n) is 5.57. The van der Waals surface area contributed by atoms with E-state index in [1.54, 1.807) is 20.8 Å². The molecule has 2 aliphatic rings. The summed E-state index contributed by atoms with van der Waals surface area (Å²) in [5, 5.41) is 9.34. The first-order valence-electron chi connectivity index (χ1n) is 15.4. The van der Waals surface area contributed by atoms with Crippen LogP contribution in [0.2, 0.25) is 0 Å². The summed E-state index contributed by atoms with van der Waals surface area (Å²) in [7, 11) is 0. The lowest BCUT2D eigenvalue weighted by Crippen LogP contribution is -2.48. The summed E-state index contributed by atoms with van der Waals surface area (Å²) in [6, 6.07) is 12.8. The number of pyridine rings is 1. The number of nitrogens with zero attached hydrogens (tertiary/aromatic N) is 4. The fourth-order valence-corrected chi connectivity index (χ4v) is 5.57. The number of hydrogen-bond donors (Lipinski definition) is 3. The van der Waals surface area contributed by atoms with E-state index in [9.17, 15) is 9.59 Å². The number of anilines is 3. The van der Waals surface area contributed by atoms with E-state index in [4.69, 9.17) is 14.5 Å². The zero-order valence-electron chi connectivity index (χ0n) is 26.1. The number of piperidine rings is 1. The minimum absolute atomic E-state index is 0.0623. The van der Waals surface area contributed by atoms with Gasteiger partial charge in [-0.05, 0) is 70.6 Å². The smallest absolute Gasteiger partial charge is 0.408 e. The van der Waals surface area contributed by atoms with E-state index in [1.165, 1.54) is 11.9 Å². The van der Waals surface area contributed by atoms with Gasteiger partial charge < -0.3 is 30.3 Å². The van der Waals surface area contributed by atoms with Crippen molar-refractivity contribution in [3.05, 3.63) is 71.2 Å². The molecule has 1 saturated heterocycles. The van der Waals surface area contributed by atoms with Crippen LogP contribution in [0.15, 0.2) is 48.8 Å². The zero-order chi connectivity index (χ0) is 31.1. The Labute approximate surface area is 259 Å². The molecule has 11 heteroatoms. The number of fused-ring (bicyclic) bond motifs is 1. The average Bonchev–Trinajstić information content (AvgIpc) is 3.02. The number of aromatic nitrogens is 3. The quantitative estimate of drug-likeness (QED) is 0.289. The largest absolute Gasteiger partial charge is 0.458 e. The van der Waals surface area contributed by atoms with Crippen molar-refractivity contribution in [2.45, 2.75) is 77.5 Å². The second-order valence-electron chi connectivity index (χ2n) is 12.4. The molecular weight excluding hydrogens is 558 g/mol. The number of ether oxygens (including phenoxy) is 2. The van der Waals surface area contributed by atoms with Crippen LogP contribution < -0.4 is 20.9 Å². The van der Waals surface area contributed by atoms with Crippen molar-refractivity contribution in [3.63, 3.8) is 0 Å². The van der Waals surface area contributed by atoms with Crippen LogP contribution in [0, 0.1) is 6.92 Å². The van der Waals surface area contributed by atoms with Gasteiger partial charge in [0.25, 0.3) is 0 Å². The molecule has 2 aliphatic heterocycles. The SMILES string of the molecule is Cc1c(NC[C@H](NC(=O)OCc2ccccc2)C(=O)OC(C)(C)C)ncnc1N1CCC(c2ccc3c(n2)NCCC3)CC1. The van der Waals surface area contributed by atoms with Gasteiger partial charge in [0.05, 0.1) is 0 Å². The molecule has 0 aliphatic carbocycles. The van der Waals surface area contributed by atoms with Gasteiger partial charge in [0, 0.05) is 43.4 Å². The van der Waals surface area contributed by atoms with Crippen LogP contribution >= 0.6 is 0 Å². The van der Waals surface area contributed by atoms with Crippen LogP contribution in [0.1, 0.15) is 68.3 Å². The number of rotatable bonds is 9. The molecule has 3 N–H and O–H groups in total. The highest BCUT2D eigenvalue weighted by Gasteiger charge is 2.29. The van der Waals surface area contributed by atoms with E-state index in [1.807, 2.05) is 37.3 Å². The molecule has 1 atom stereocenters. The Bertz CT molecular complexity index is 1440. The number of nitrogens with one attached hydrogen (secondary N) is 3. The third-order valence-corrected chi connectivity index (χ3v) is 7.86. The molecule has 1 fully saturated rings. The lowest BCUT2D eigenvalue weighted by atomic mass is 9.92. The molecule has 234 valence electrons. The number of hydrogen-bond acceptors (Lipinski definition) is 10. The Balaban J connectivity index is 1.20. The second kappa shape index (κ2) is 13.9. The third-order valence-electron chi connectivity index (χ3n) is 7.86. The summed E-state index contributed by atoms with van der Waals surface area (Å²) in [5.41, 5.74) is 3.46. The fraction of sp³-hybridized carbons (Fsp3) is 0.485. The summed E-state index contributed by atoms with van der Waals surface area (Å²) in [4.78, 5) is 41.9. The van der Waals surface area contributed by atoms with Crippen LogP contribution in [-0.4, -0.2) is 64.8 Å². The maximum atomic E-state index is 13.0. The van der Waals surface area contributed by atoms with E-state index >= 15 is 0 Å². The van der Waals surface area contributed by atoms with E-state index in [0.29, 0.717) is 11.7 Å². The molecule has 3 aromatic rings. The Hall–Kier alpha value is -4.41. The Morgan fingerprint density at radius 1 is 1.09 bits per heavy atom. The molecule has 2 aromatic heterocycles. The van der Waals surface area contributed by atoms with E-state index in [0.717, 1.165) is 73.8 Å². The first kappa shape index (κ1) is 31.0. The minimum atomic E-state index is -0.996. The summed E-state index contributed by atoms with van der Waals surface area (Å²) >= 11 is 0. The number of aryl methyl sites for hydroxylation is 1. The first-order valence-corrected chi connectivity index (χ1v) is 15.4. The van der Waals surface area contributed by atoms with Crippen LogP contribution in [-0.2, 0) is 27.3 Å². The summed E-state index contributed by atoms with van der Waals surface area (Å²) in [6.07, 6.45) is 5.02. The average molecular weight is 602 g/mol. The van der Waals surface area contributed by atoms with Crippen molar-refractivity contribution in [2.24, 2.45) is 0 Å². The van der Waals surface area contributed by atoms with Gasteiger partial charge in [-0.2, -0.15) is 0 Å². The van der Waals surface area contributed by atoms with Crippen molar-refractivity contribution in [2.75, 3.05) is 41.7 Å². The monoisotopic (exact) mass is 601 g/mol. The third kappa shape index (κ3) is 8.15. The summed E-state index contributed by atoms with van der Waals surface area (Å²) in [6.45, 7) is 10.1. The van der Waals surface area contributed by atoms with E-state index in [-0.39, 0.29) is 13.2 Å². The van der Waals surface area contributed by atoms with Crippen molar-refractivity contribution in [1.29, 1.82) is 0 Å². The van der Waals surface area contributed by atoms with E-state index < -0.39 is 23.7 Å².